The lowest BCUT2D eigenvalue weighted by Gasteiger charge is -2.45. The van der Waals surface area contributed by atoms with Crippen molar-refractivity contribution in [2.45, 2.75) is 63.7 Å². The Balaban J connectivity index is 3.01. The Morgan fingerprint density at radius 3 is 2.09 bits per heavy atom. The van der Waals surface area contributed by atoms with Gasteiger partial charge >= 0.3 is 6.09 Å². The van der Waals surface area contributed by atoms with Gasteiger partial charge in [-0.25, -0.2) is 4.79 Å². The lowest BCUT2D eigenvalue weighted by atomic mass is 9.96. The molecule has 22 heavy (non-hydrogen) atoms. The van der Waals surface area contributed by atoms with Gasteiger partial charge < -0.3 is 19.5 Å². The molecule has 2 N–H and O–H groups in total. The van der Waals surface area contributed by atoms with E-state index < -0.39 is 38.4 Å². The van der Waals surface area contributed by atoms with E-state index in [0.717, 1.165) is 0 Å². The van der Waals surface area contributed by atoms with Crippen LogP contribution in [0.25, 0.3) is 0 Å². The molecule has 1 aliphatic heterocycles. The summed E-state index contributed by atoms with van der Waals surface area (Å²) in [5.41, 5.74) is -2.19. The fourth-order valence-electron chi connectivity index (χ4n) is 1.89. The summed E-state index contributed by atoms with van der Waals surface area (Å²) in [6.45, 7) is 9.39. The molecule has 0 spiro atoms. The highest BCUT2D eigenvalue weighted by Gasteiger charge is 2.50. The van der Waals surface area contributed by atoms with Gasteiger partial charge in [0.1, 0.15) is 16.4 Å². The zero-order valence-corrected chi connectivity index (χ0v) is 14.6. The molecule has 0 radical (unpaired) electrons. The number of alkyl carbamates (subject to hydrolysis) is 1. The summed E-state index contributed by atoms with van der Waals surface area (Å²) in [7, 11) is -4.42. The average molecular weight is 339 g/mol. The van der Waals surface area contributed by atoms with Crippen molar-refractivity contribution in [1.29, 1.82) is 0 Å². The molecule has 0 bridgehead atoms. The minimum absolute atomic E-state index is 0.139. The number of hydrogen-bond donors (Lipinski definition) is 2. The van der Waals surface area contributed by atoms with Crippen molar-refractivity contribution >= 4 is 16.2 Å². The first kappa shape index (κ1) is 19.1. The van der Waals surface area contributed by atoms with Crippen molar-refractivity contribution in [2.75, 3.05) is 13.2 Å². The molecule has 0 saturated carbocycles. The Kier molecular flexibility index (Phi) is 5.18. The molecule has 8 nitrogen and oxygen atoms in total. The fraction of sp³-hybridized carbons (Fsp3) is 0.923. The Morgan fingerprint density at radius 1 is 1.27 bits per heavy atom. The molecule has 130 valence electrons. The van der Waals surface area contributed by atoms with Crippen LogP contribution in [0.2, 0.25) is 0 Å². The molecule has 1 rings (SSSR count). The molecule has 0 aliphatic carbocycles. The van der Waals surface area contributed by atoms with E-state index in [0.29, 0.717) is 0 Å². The smallest absolute Gasteiger partial charge is 0.408 e. The summed E-state index contributed by atoms with van der Waals surface area (Å²) >= 11 is 0. The van der Waals surface area contributed by atoms with E-state index in [-0.39, 0.29) is 13.2 Å². The second kappa shape index (κ2) is 5.95. The zero-order valence-electron chi connectivity index (χ0n) is 13.8. The van der Waals surface area contributed by atoms with Gasteiger partial charge in [-0.05, 0) is 41.5 Å². The van der Waals surface area contributed by atoms with E-state index >= 15 is 0 Å². The summed E-state index contributed by atoms with van der Waals surface area (Å²) in [5.74, 6) is -0.905. The molecular formula is C13H25NO7S. The number of amides is 1. The molecule has 0 aromatic heterocycles. The zero-order chi connectivity index (χ0) is 17.4. The Bertz CT molecular complexity index is 511. The van der Waals surface area contributed by atoms with Gasteiger partial charge in [0.05, 0.1) is 13.2 Å². The van der Waals surface area contributed by atoms with Crippen LogP contribution in [-0.2, 0) is 24.3 Å². The molecule has 1 fully saturated rings. The largest absolute Gasteiger partial charge is 0.444 e. The van der Waals surface area contributed by atoms with Gasteiger partial charge in [0.2, 0.25) is 0 Å². The summed E-state index contributed by atoms with van der Waals surface area (Å²) in [4.78, 5) is 12.0. The Hall–Kier alpha value is -0.900. The molecular weight excluding hydrogens is 314 g/mol. The molecule has 0 aromatic carbocycles. The molecule has 1 saturated heterocycles. The lowest BCUT2D eigenvalue weighted by Crippen LogP contribution is -2.68. The van der Waals surface area contributed by atoms with Crippen LogP contribution < -0.4 is 5.32 Å². The number of nitrogens with one attached hydrogen (secondary N) is 1. The van der Waals surface area contributed by atoms with E-state index in [4.69, 9.17) is 14.2 Å². The summed E-state index contributed by atoms with van der Waals surface area (Å²) in [5, 5.41) is 1.15. The van der Waals surface area contributed by atoms with Gasteiger partial charge in [-0.1, -0.05) is 0 Å². The molecule has 1 atom stereocenters. The van der Waals surface area contributed by atoms with Crippen molar-refractivity contribution in [3.63, 3.8) is 0 Å². The molecule has 0 aromatic rings. The van der Waals surface area contributed by atoms with E-state index in [1.165, 1.54) is 6.92 Å². The van der Waals surface area contributed by atoms with Crippen LogP contribution in [0.3, 0.4) is 0 Å². The van der Waals surface area contributed by atoms with E-state index in [1.54, 1.807) is 34.6 Å². The van der Waals surface area contributed by atoms with Crippen LogP contribution in [0, 0.1) is 0 Å². The molecule has 1 amide bonds. The highest BCUT2D eigenvalue weighted by Crippen LogP contribution is 2.29. The highest BCUT2D eigenvalue weighted by molar-refractivity contribution is 7.86. The predicted molar refractivity (Wildman–Crippen MR) is 79.1 cm³/mol. The van der Waals surface area contributed by atoms with Gasteiger partial charge in [-0.15, -0.1) is 0 Å². The Labute approximate surface area is 131 Å². The highest BCUT2D eigenvalue weighted by atomic mass is 32.2. The third kappa shape index (κ3) is 5.08. The lowest BCUT2D eigenvalue weighted by molar-refractivity contribution is -0.270. The van der Waals surface area contributed by atoms with Gasteiger partial charge in [0.15, 0.2) is 5.79 Å². The van der Waals surface area contributed by atoms with Crippen LogP contribution in [0.5, 0.6) is 0 Å². The molecule has 1 unspecified atom stereocenters. The average Bonchev–Trinajstić information content (AvgIpc) is 2.28. The van der Waals surface area contributed by atoms with Crippen molar-refractivity contribution in [1.82, 2.24) is 5.32 Å². The van der Waals surface area contributed by atoms with Crippen LogP contribution in [0.15, 0.2) is 0 Å². The van der Waals surface area contributed by atoms with Crippen molar-refractivity contribution in [3.8, 4) is 0 Å². The number of carbonyl (C=O) groups is 1. The number of carbonyl (C=O) groups excluding carboxylic acids is 1. The number of hydrogen-bond acceptors (Lipinski definition) is 6. The normalized spacial score (nSPS) is 22.7. The van der Waals surface area contributed by atoms with E-state index in [9.17, 15) is 17.8 Å². The first-order valence-corrected chi connectivity index (χ1v) is 8.43. The van der Waals surface area contributed by atoms with Crippen molar-refractivity contribution in [3.05, 3.63) is 0 Å². The van der Waals surface area contributed by atoms with E-state index in [2.05, 4.69) is 5.32 Å². The maximum absolute atomic E-state index is 12.0. The first-order chi connectivity index (χ1) is 9.67. The fourth-order valence-corrected chi connectivity index (χ4v) is 2.65. The van der Waals surface area contributed by atoms with E-state index in [1.807, 2.05) is 0 Å². The number of ether oxygens (including phenoxy) is 3. The minimum Gasteiger partial charge on any atom is -0.444 e. The number of rotatable bonds is 3. The summed E-state index contributed by atoms with van der Waals surface area (Å²) < 4.78 is 48.4. The monoisotopic (exact) mass is 339 g/mol. The molecule has 9 heteroatoms. The van der Waals surface area contributed by atoms with Crippen LogP contribution in [-0.4, -0.2) is 54.5 Å². The maximum Gasteiger partial charge on any atom is 0.408 e. The van der Waals surface area contributed by atoms with Crippen LogP contribution >= 0.6 is 0 Å². The van der Waals surface area contributed by atoms with Crippen molar-refractivity contribution in [2.24, 2.45) is 0 Å². The third-order valence-corrected chi connectivity index (χ3v) is 4.67. The molecule has 1 aliphatic rings. The van der Waals surface area contributed by atoms with Crippen LogP contribution in [0.4, 0.5) is 4.79 Å². The molecule has 1 heterocycles. The third-order valence-electron chi connectivity index (χ3n) is 3.33. The maximum atomic E-state index is 12.0. The minimum atomic E-state index is -4.42. The standard InChI is InChI=1S/C13H25NO7S/c1-9(22(16,17)18)13(7-19-12(5,6)20-8-13)14-10(15)21-11(2,3)4/h9H,7-8H2,1-6H3,(H,14,15)(H,16,17,18). The second-order valence-electron chi connectivity index (χ2n) is 6.92. The summed E-state index contributed by atoms with van der Waals surface area (Å²) in [6.07, 6.45) is -0.810. The quantitative estimate of drug-likeness (QED) is 0.746. The second-order valence-corrected chi connectivity index (χ2v) is 8.65. The van der Waals surface area contributed by atoms with Gasteiger partial charge in [0, 0.05) is 0 Å². The van der Waals surface area contributed by atoms with Gasteiger partial charge in [-0.2, -0.15) is 8.42 Å². The SMILES string of the molecule is CC(C1(NC(=O)OC(C)(C)C)COC(C)(C)OC1)S(=O)(=O)O. The Morgan fingerprint density at radius 2 is 1.73 bits per heavy atom. The van der Waals surface area contributed by atoms with Gasteiger partial charge in [-0.3, -0.25) is 4.55 Å². The first-order valence-electron chi connectivity index (χ1n) is 6.92. The topological polar surface area (TPSA) is 111 Å². The predicted octanol–water partition coefficient (Wildman–Crippen LogP) is 1.31. The van der Waals surface area contributed by atoms with Gasteiger partial charge in [0.25, 0.3) is 10.1 Å². The summed E-state index contributed by atoms with van der Waals surface area (Å²) in [6, 6.07) is 0. The van der Waals surface area contributed by atoms with Crippen LogP contribution in [0.1, 0.15) is 41.5 Å². The van der Waals surface area contributed by atoms with Crippen molar-refractivity contribution < 1.29 is 32.0 Å².